The van der Waals surface area contributed by atoms with Gasteiger partial charge in [-0.2, -0.15) is 0 Å². The lowest BCUT2D eigenvalue weighted by Gasteiger charge is -2.06. The van der Waals surface area contributed by atoms with Gasteiger partial charge in [-0.15, -0.1) is 6.58 Å². The lowest BCUT2D eigenvalue weighted by molar-refractivity contribution is 0.647. The summed E-state index contributed by atoms with van der Waals surface area (Å²) in [7, 11) is 0.277. The van der Waals surface area contributed by atoms with Crippen LogP contribution >= 0.6 is 0 Å². The minimum absolute atomic E-state index is 0.588. The quantitative estimate of drug-likeness (QED) is 0.552. The van der Waals surface area contributed by atoms with Crippen molar-refractivity contribution < 1.29 is 12.3 Å². The largest absolute Gasteiger partial charge is 0.466 e. The summed E-state index contributed by atoms with van der Waals surface area (Å²) in [6, 6.07) is 10.5. The van der Waals surface area contributed by atoms with Gasteiger partial charge < -0.3 is 12.3 Å². The smallest absolute Gasteiger partial charge is 0.191 e. The van der Waals surface area contributed by atoms with Crippen molar-refractivity contribution in [2.75, 3.05) is 0 Å². The van der Waals surface area contributed by atoms with Crippen LogP contribution in [0.2, 0.25) is 26.2 Å². The zero-order valence-corrected chi connectivity index (χ0v) is 24.1. The number of hydrogen-bond donors (Lipinski definition) is 0. The summed E-state index contributed by atoms with van der Waals surface area (Å²) in [6.07, 6.45) is 0. The molecule has 1 rings (SSSR count). The van der Waals surface area contributed by atoms with Crippen LogP contribution in [0, 0.1) is 0 Å². The van der Waals surface area contributed by atoms with Crippen LogP contribution in [0.15, 0.2) is 42.6 Å². The molecule has 0 fully saturated rings. The summed E-state index contributed by atoms with van der Waals surface area (Å²) in [6.45, 7) is 12.3. The van der Waals surface area contributed by atoms with Gasteiger partial charge in [-0.3, -0.25) is 0 Å². The zero-order valence-electron chi connectivity index (χ0n) is 14.6. The second-order valence-electron chi connectivity index (χ2n) is 4.75. The molecule has 2 unspecified atom stereocenters. The Morgan fingerprint density at radius 3 is 1.62 bits per heavy atom. The number of rotatable bonds is 5. The van der Waals surface area contributed by atoms with E-state index >= 15 is 0 Å². The predicted octanol–water partition coefficient (Wildman–Crippen LogP) is -1.83. The Hall–Kier alpha value is 0.141. The van der Waals surface area contributed by atoms with Crippen molar-refractivity contribution in [1.29, 1.82) is 0 Å². The van der Waals surface area contributed by atoms with Gasteiger partial charge in [0.25, 0.3) is 0 Å². The third kappa shape index (κ3) is 16.3. The summed E-state index contributed by atoms with van der Waals surface area (Å²) >= 11 is 0. The van der Waals surface area contributed by atoms with Crippen LogP contribution in [0.4, 0.5) is 0 Å². The lowest BCUT2D eigenvalue weighted by atomic mass is 10.4. The standard InChI is InChI=1S/C7H12OSi2.C3H10OSi2.C2H10OSi2/c1-10(8-9)7-5-3-2-4-6-7;1-3-6(2)4-5;1-5(2)3-4/h2-6,10H,1,9H3;3,6H,1H2,2,5H3;5H,1-2,4H3. The Morgan fingerprint density at radius 2 is 1.38 bits per heavy atom. The highest BCUT2D eigenvalue weighted by Crippen LogP contribution is 1.87. The first kappa shape index (κ1) is 23.4. The van der Waals surface area contributed by atoms with Gasteiger partial charge in [-0.25, -0.2) is 0 Å². The van der Waals surface area contributed by atoms with Gasteiger partial charge >= 0.3 is 0 Å². The molecule has 0 amide bonds. The normalized spacial score (nSPS) is 12.8. The molecule has 9 heteroatoms. The maximum Gasteiger partial charge on any atom is 0.191 e. The Balaban J connectivity index is 0. The van der Waals surface area contributed by atoms with Crippen LogP contribution in [0.3, 0.4) is 0 Å². The molecule has 0 saturated carbocycles. The van der Waals surface area contributed by atoms with E-state index in [0.29, 0.717) is 0 Å². The summed E-state index contributed by atoms with van der Waals surface area (Å²) in [5.74, 6) is 0. The van der Waals surface area contributed by atoms with E-state index in [4.69, 9.17) is 12.3 Å². The van der Waals surface area contributed by atoms with Crippen LogP contribution in [-0.2, 0) is 12.3 Å². The molecule has 1 aromatic carbocycles. The molecule has 0 heterocycles. The Kier molecular flexibility index (Phi) is 18.4. The minimum Gasteiger partial charge on any atom is -0.466 e. The fourth-order valence-electron chi connectivity index (χ4n) is 0.956. The highest BCUT2D eigenvalue weighted by molar-refractivity contribution is 6.68. The molecule has 0 N–H and O–H groups in total. The lowest BCUT2D eigenvalue weighted by Crippen LogP contribution is -2.28. The molecule has 0 aliphatic heterocycles. The SMILES string of the molecule is C=C[SiH](C)O[SiH3].C[SiH](C)O[SiH3].C[SiH](O[SiH3])c1ccccc1. The van der Waals surface area contributed by atoms with E-state index in [1.54, 1.807) is 0 Å². The Morgan fingerprint density at radius 1 is 0.905 bits per heavy atom. The fraction of sp³-hybridized carbons (Fsp3) is 0.333. The minimum atomic E-state index is -0.978. The molecule has 0 aromatic heterocycles. The highest BCUT2D eigenvalue weighted by Gasteiger charge is 2.02. The first-order valence-electron chi connectivity index (χ1n) is 7.18. The molecule has 1 aromatic rings. The number of benzene rings is 1. The molecule has 0 aliphatic carbocycles. The second kappa shape index (κ2) is 16.5. The molecular weight excluding hydrogens is 361 g/mol. The Bertz CT molecular complexity index is 339. The monoisotopic (exact) mass is 392 g/mol. The average Bonchev–Trinajstić information content (AvgIpc) is 2.55. The van der Waals surface area contributed by atoms with E-state index < -0.39 is 27.1 Å². The van der Waals surface area contributed by atoms with Crippen molar-refractivity contribution >= 4 is 63.8 Å². The van der Waals surface area contributed by atoms with Crippen LogP contribution in [-0.4, -0.2) is 58.6 Å². The van der Waals surface area contributed by atoms with Gasteiger partial charge in [0.05, 0.1) is 0 Å². The number of hydrogen-bond acceptors (Lipinski definition) is 3. The molecule has 2 atom stereocenters. The van der Waals surface area contributed by atoms with Gasteiger partial charge in [0.2, 0.25) is 0 Å². The third-order valence-corrected chi connectivity index (χ3v) is 14.4. The summed E-state index contributed by atoms with van der Waals surface area (Å²) in [5.41, 5.74) is 1.92. The van der Waals surface area contributed by atoms with Gasteiger partial charge in [0, 0.05) is 0 Å². The first-order valence-corrected chi connectivity index (χ1v) is 16.9. The van der Waals surface area contributed by atoms with Crippen LogP contribution < -0.4 is 5.19 Å². The van der Waals surface area contributed by atoms with Gasteiger partial charge in [-0.1, -0.05) is 36.0 Å². The van der Waals surface area contributed by atoms with Crippen molar-refractivity contribution in [3.05, 3.63) is 42.6 Å². The van der Waals surface area contributed by atoms with Gasteiger partial charge in [-0.05, 0) is 31.4 Å². The second-order valence-corrected chi connectivity index (χ2v) is 16.3. The average molecular weight is 393 g/mol. The van der Waals surface area contributed by atoms with Crippen LogP contribution in [0.5, 0.6) is 0 Å². The van der Waals surface area contributed by atoms with E-state index in [1.165, 1.54) is 5.19 Å². The molecule has 0 spiro atoms. The van der Waals surface area contributed by atoms with E-state index in [-0.39, 0.29) is 0 Å². The molecule has 21 heavy (non-hydrogen) atoms. The molecule has 0 aliphatic rings. The first-order chi connectivity index (χ1) is 9.92. The maximum atomic E-state index is 5.41. The van der Waals surface area contributed by atoms with Crippen molar-refractivity contribution in [1.82, 2.24) is 0 Å². The van der Waals surface area contributed by atoms with E-state index in [9.17, 15) is 0 Å². The summed E-state index contributed by atoms with van der Waals surface area (Å²) < 4.78 is 15.5. The molecule has 0 radical (unpaired) electrons. The zero-order chi connectivity index (χ0) is 16.7. The molecule has 0 bridgehead atoms. The summed E-state index contributed by atoms with van der Waals surface area (Å²) in [5, 5.41) is 1.40. The predicted molar refractivity (Wildman–Crippen MR) is 114 cm³/mol. The van der Waals surface area contributed by atoms with Crippen molar-refractivity contribution in [3.8, 4) is 0 Å². The van der Waals surface area contributed by atoms with Gasteiger partial charge in [0.1, 0.15) is 31.5 Å². The molecule has 0 saturated heterocycles. The van der Waals surface area contributed by atoms with Gasteiger partial charge in [0.15, 0.2) is 27.1 Å². The summed E-state index contributed by atoms with van der Waals surface area (Å²) in [4.78, 5) is 0. The van der Waals surface area contributed by atoms with E-state index in [0.717, 1.165) is 31.5 Å². The van der Waals surface area contributed by atoms with Crippen molar-refractivity contribution in [2.24, 2.45) is 0 Å². The van der Waals surface area contributed by atoms with Crippen molar-refractivity contribution in [3.63, 3.8) is 0 Å². The van der Waals surface area contributed by atoms with Crippen LogP contribution in [0.25, 0.3) is 0 Å². The highest BCUT2D eigenvalue weighted by atomic mass is 28.3. The Labute approximate surface area is 144 Å². The van der Waals surface area contributed by atoms with E-state index in [1.807, 2.05) is 11.8 Å². The molecular formula is C12H32O3Si6. The van der Waals surface area contributed by atoms with Crippen LogP contribution in [0.1, 0.15) is 0 Å². The molecule has 122 valence electrons. The fourth-order valence-corrected chi connectivity index (χ4v) is 3.58. The van der Waals surface area contributed by atoms with E-state index in [2.05, 4.69) is 57.0 Å². The topological polar surface area (TPSA) is 27.7 Å². The molecule has 3 nitrogen and oxygen atoms in total. The third-order valence-electron chi connectivity index (χ3n) is 2.80. The maximum absolute atomic E-state index is 5.41. The van der Waals surface area contributed by atoms with Crippen molar-refractivity contribution in [2.45, 2.75) is 26.2 Å².